The van der Waals surface area contributed by atoms with Crippen molar-refractivity contribution < 1.29 is 28.4 Å². The van der Waals surface area contributed by atoms with E-state index in [1.54, 1.807) is 0 Å². The molecule has 0 radical (unpaired) electrons. The molecule has 0 amide bonds. The van der Waals surface area contributed by atoms with Crippen molar-refractivity contribution in [1.82, 2.24) is 4.90 Å². The van der Waals surface area contributed by atoms with Crippen LogP contribution in [-0.2, 0) is 18.4 Å². The Hall–Kier alpha value is -1.19. The van der Waals surface area contributed by atoms with E-state index in [0.29, 0.717) is 0 Å². The number of hydrogen-bond donors (Lipinski definition) is 4. The zero-order valence-electron chi connectivity index (χ0n) is 10.7. The lowest BCUT2D eigenvalue weighted by Crippen LogP contribution is -2.39. The smallest absolute Gasteiger partial charge is 0.472 e. The normalized spacial score (nSPS) is 15.8. The van der Waals surface area contributed by atoms with Gasteiger partial charge in [-0.05, 0) is 14.1 Å². The van der Waals surface area contributed by atoms with Crippen molar-refractivity contribution in [3.05, 3.63) is 0 Å². The van der Waals surface area contributed by atoms with Gasteiger partial charge in [0.1, 0.15) is 6.04 Å². The van der Waals surface area contributed by atoms with Crippen LogP contribution in [0, 0.1) is 0 Å². The molecular weight excluding hydrogens is 279 g/mol. The monoisotopic (exact) mass is 298 g/mol. The van der Waals surface area contributed by atoms with E-state index in [1.807, 2.05) is 0 Å². The highest BCUT2D eigenvalue weighted by molar-refractivity contribution is 7.47. The van der Waals surface area contributed by atoms with Gasteiger partial charge in [0.25, 0.3) is 0 Å². The molecule has 0 saturated carbocycles. The fraction of sp³-hybridized carbons (Fsp3) is 0.750. The average molecular weight is 298 g/mol. The summed E-state index contributed by atoms with van der Waals surface area (Å²) < 4.78 is 20.5. The Balaban J connectivity index is 4.18. The molecule has 2 atom stereocenters. The summed E-state index contributed by atoms with van der Waals surface area (Å²) in [7, 11) is -1.32. The number of phosphoric acid groups is 1. The van der Waals surface area contributed by atoms with Crippen LogP contribution in [0.25, 0.3) is 0 Å². The molecule has 11 heteroatoms. The molecule has 19 heavy (non-hydrogen) atoms. The largest absolute Gasteiger partial charge is 0.480 e. The SMILES string of the molecule is CN(C)[C@@H](COP(=O)(O)OCCN=C(N)N)C(=O)O. The second-order valence-corrected chi connectivity index (χ2v) is 5.18. The number of likely N-dealkylation sites (N-methyl/N-ethyl adjacent to an activating group) is 1. The highest BCUT2D eigenvalue weighted by Gasteiger charge is 2.27. The quantitative estimate of drug-likeness (QED) is 0.170. The zero-order chi connectivity index (χ0) is 15.1. The lowest BCUT2D eigenvalue weighted by Gasteiger charge is -2.20. The number of phosphoric ester groups is 1. The highest BCUT2D eigenvalue weighted by Crippen LogP contribution is 2.43. The first-order valence-corrected chi connectivity index (χ1v) is 6.71. The second-order valence-electron chi connectivity index (χ2n) is 3.72. The van der Waals surface area contributed by atoms with Gasteiger partial charge in [-0.25, -0.2) is 4.57 Å². The molecule has 0 aromatic heterocycles. The minimum atomic E-state index is -4.33. The predicted molar refractivity (Wildman–Crippen MR) is 67.5 cm³/mol. The van der Waals surface area contributed by atoms with Gasteiger partial charge in [-0.1, -0.05) is 0 Å². The number of aliphatic imine (C=N–C) groups is 1. The summed E-state index contributed by atoms with van der Waals surface area (Å²) in [5, 5.41) is 8.84. The lowest BCUT2D eigenvalue weighted by molar-refractivity contribution is -0.143. The van der Waals surface area contributed by atoms with E-state index in [1.165, 1.54) is 19.0 Å². The summed E-state index contributed by atoms with van der Waals surface area (Å²) in [5.41, 5.74) is 10.1. The van der Waals surface area contributed by atoms with E-state index >= 15 is 0 Å². The summed E-state index contributed by atoms with van der Waals surface area (Å²) in [6.07, 6.45) is 0. The van der Waals surface area contributed by atoms with Crippen LogP contribution >= 0.6 is 7.82 Å². The van der Waals surface area contributed by atoms with Gasteiger partial charge in [0.2, 0.25) is 0 Å². The number of carboxylic acids is 1. The van der Waals surface area contributed by atoms with E-state index in [-0.39, 0.29) is 19.1 Å². The number of carboxylic acid groups (broad SMARTS) is 1. The zero-order valence-corrected chi connectivity index (χ0v) is 11.6. The Labute approximate surface area is 110 Å². The van der Waals surface area contributed by atoms with Crippen molar-refractivity contribution in [1.29, 1.82) is 0 Å². The van der Waals surface area contributed by atoms with Gasteiger partial charge in [0.05, 0.1) is 19.8 Å². The van der Waals surface area contributed by atoms with Crippen LogP contribution in [0.1, 0.15) is 0 Å². The molecule has 0 aliphatic rings. The topological polar surface area (TPSA) is 161 Å². The molecule has 0 heterocycles. The van der Waals surface area contributed by atoms with E-state index in [9.17, 15) is 14.3 Å². The second kappa shape index (κ2) is 8.08. The molecule has 112 valence electrons. The molecule has 10 nitrogen and oxygen atoms in total. The molecule has 0 aromatic rings. The molecule has 6 N–H and O–H groups in total. The van der Waals surface area contributed by atoms with Gasteiger partial charge < -0.3 is 21.5 Å². The third kappa shape index (κ3) is 8.51. The van der Waals surface area contributed by atoms with Crippen molar-refractivity contribution >= 4 is 19.8 Å². The molecule has 0 aliphatic heterocycles. The first kappa shape index (κ1) is 17.8. The first-order valence-electron chi connectivity index (χ1n) is 5.22. The number of guanidine groups is 1. The molecule has 0 spiro atoms. The van der Waals surface area contributed by atoms with Crippen LogP contribution < -0.4 is 11.5 Å². The van der Waals surface area contributed by atoms with Gasteiger partial charge in [-0.15, -0.1) is 0 Å². The van der Waals surface area contributed by atoms with Crippen LogP contribution in [0.5, 0.6) is 0 Å². The third-order valence-corrected chi connectivity index (χ3v) is 2.93. The van der Waals surface area contributed by atoms with Gasteiger partial charge in [-0.3, -0.25) is 23.7 Å². The van der Waals surface area contributed by atoms with E-state index < -0.39 is 26.4 Å². The summed E-state index contributed by atoms with van der Waals surface area (Å²) >= 11 is 0. The first-order chi connectivity index (χ1) is 8.65. The van der Waals surface area contributed by atoms with Gasteiger partial charge in [0, 0.05) is 0 Å². The molecule has 1 unspecified atom stereocenters. The Bertz CT molecular complexity index is 370. The van der Waals surface area contributed by atoms with Gasteiger partial charge >= 0.3 is 13.8 Å². The number of nitrogens with two attached hydrogens (primary N) is 2. The maximum atomic E-state index is 11.4. The lowest BCUT2D eigenvalue weighted by atomic mass is 10.3. The van der Waals surface area contributed by atoms with Crippen molar-refractivity contribution in [3.63, 3.8) is 0 Å². The Morgan fingerprint density at radius 2 is 2.00 bits per heavy atom. The van der Waals surface area contributed by atoms with Crippen molar-refractivity contribution in [2.24, 2.45) is 16.5 Å². The van der Waals surface area contributed by atoms with Crippen LogP contribution in [0.2, 0.25) is 0 Å². The number of carbonyl (C=O) groups is 1. The van der Waals surface area contributed by atoms with Crippen LogP contribution in [0.3, 0.4) is 0 Å². The van der Waals surface area contributed by atoms with Crippen molar-refractivity contribution in [2.75, 3.05) is 33.9 Å². The summed E-state index contributed by atoms with van der Waals surface area (Å²) in [5.74, 6) is -1.35. The van der Waals surface area contributed by atoms with E-state index in [2.05, 4.69) is 14.0 Å². The van der Waals surface area contributed by atoms with E-state index in [4.69, 9.17) is 16.6 Å². The molecular formula is C8H19N4O6P. The molecule has 0 aromatic carbocycles. The third-order valence-electron chi connectivity index (χ3n) is 1.94. The number of hydrogen-bond acceptors (Lipinski definition) is 6. The molecule has 0 aliphatic carbocycles. The summed E-state index contributed by atoms with van der Waals surface area (Å²) in [6.45, 7) is -0.726. The van der Waals surface area contributed by atoms with Gasteiger partial charge in [-0.2, -0.15) is 0 Å². The minimum Gasteiger partial charge on any atom is -0.480 e. The number of aliphatic carboxylic acids is 1. The average Bonchev–Trinajstić information content (AvgIpc) is 2.23. The van der Waals surface area contributed by atoms with Crippen LogP contribution in [0.4, 0.5) is 0 Å². The molecule has 0 rings (SSSR count). The minimum absolute atomic E-state index is 0.00766. The van der Waals surface area contributed by atoms with Crippen LogP contribution in [-0.4, -0.2) is 66.7 Å². The number of rotatable bonds is 9. The predicted octanol–water partition coefficient (Wildman–Crippen LogP) is -1.59. The fourth-order valence-corrected chi connectivity index (χ4v) is 1.69. The maximum absolute atomic E-state index is 11.4. The van der Waals surface area contributed by atoms with Crippen molar-refractivity contribution in [2.45, 2.75) is 6.04 Å². The Morgan fingerprint density at radius 3 is 2.42 bits per heavy atom. The summed E-state index contributed by atoms with van der Waals surface area (Å²) in [6, 6.07) is -1.05. The summed E-state index contributed by atoms with van der Waals surface area (Å²) in [4.78, 5) is 25.0. The standard InChI is InChI=1S/C8H19N4O6P/c1-12(2)6(7(13)14)5-18-19(15,16)17-4-3-11-8(9)10/h6H,3-5H2,1-2H3,(H,13,14)(H,15,16)(H4,9,10,11)/t6-/m0/s1. The highest BCUT2D eigenvalue weighted by atomic mass is 31.2. The fourth-order valence-electron chi connectivity index (χ4n) is 0.974. The van der Waals surface area contributed by atoms with Gasteiger partial charge in [0.15, 0.2) is 5.96 Å². The Morgan fingerprint density at radius 1 is 1.42 bits per heavy atom. The maximum Gasteiger partial charge on any atom is 0.472 e. The molecule has 0 saturated heterocycles. The number of nitrogens with zero attached hydrogens (tertiary/aromatic N) is 2. The molecule has 0 fully saturated rings. The van der Waals surface area contributed by atoms with E-state index in [0.717, 1.165) is 0 Å². The molecule has 0 bridgehead atoms. The van der Waals surface area contributed by atoms with Crippen molar-refractivity contribution in [3.8, 4) is 0 Å². The Kier molecular flexibility index (Phi) is 7.57. The van der Waals surface area contributed by atoms with Crippen LogP contribution in [0.15, 0.2) is 4.99 Å².